The summed E-state index contributed by atoms with van der Waals surface area (Å²) in [5.74, 6) is -0.342. The van der Waals surface area contributed by atoms with Gasteiger partial charge in [0.15, 0.2) is 0 Å². The monoisotopic (exact) mass is 386 g/mol. The number of benzene rings is 1. The minimum absolute atomic E-state index is 0.0900. The van der Waals surface area contributed by atoms with Gasteiger partial charge in [0.2, 0.25) is 11.8 Å². The molecule has 2 aliphatic rings. The average Bonchev–Trinajstić information content (AvgIpc) is 3.15. The number of nitrogens with zero attached hydrogens (tertiary/aromatic N) is 3. The lowest BCUT2D eigenvalue weighted by atomic mass is 10.1. The molecule has 2 heterocycles. The van der Waals surface area contributed by atoms with Gasteiger partial charge in [0.05, 0.1) is 0 Å². The summed E-state index contributed by atoms with van der Waals surface area (Å²) in [6, 6.07) is 7.71. The summed E-state index contributed by atoms with van der Waals surface area (Å²) in [6.07, 6.45) is 4.80. The molecule has 0 radical (unpaired) electrons. The van der Waals surface area contributed by atoms with E-state index in [-0.39, 0.29) is 11.8 Å². The number of para-hydroxylation sites is 1. The van der Waals surface area contributed by atoms with Crippen LogP contribution < -0.4 is 10.4 Å². The third-order valence-corrected chi connectivity index (χ3v) is 5.20. The first-order valence-electron chi connectivity index (χ1n) is 9.60. The van der Waals surface area contributed by atoms with Crippen LogP contribution in [0, 0.1) is 0 Å². The molecule has 8 nitrogen and oxygen atoms in total. The number of likely N-dealkylation sites (tertiary alicyclic amines) is 1. The van der Waals surface area contributed by atoms with Crippen LogP contribution in [0.5, 0.6) is 0 Å². The minimum Gasteiger partial charge on any atom is -0.367 e. The number of carbonyl (C=O) groups is 3. The van der Waals surface area contributed by atoms with E-state index < -0.39 is 5.91 Å². The van der Waals surface area contributed by atoms with E-state index >= 15 is 0 Å². The normalized spacial score (nSPS) is 17.5. The zero-order chi connectivity index (χ0) is 19.9. The highest BCUT2D eigenvalue weighted by atomic mass is 16.5. The van der Waals surface area contributed by atoms with Crippen molar-refractivity contribution in [3.8, 4) is 0 Å². The fraction of sp³-hybridized carbons (Fsp3) is 0.450. The maximum absolute atomic E-state index is 12.5. The van der Waals surface area contributed by atoms with Crippen molar-refractivity contribution in [3.63, 3.8) is 0 Å². The predicted molar refractivity (Wildman–Crippen MR) is 105 cm³/mol. The van der Waals surface area contributed by atoms with Crippen LogP contribution in [-0.2, 0) is 14.4 Å². The Morgan fingerprint density at radius 2 is 1.86 bits per heavy atom. The van der Waals surface area contributed by atoms with E-state index in [4.69, 9.17) is 5.21 Å². The molecule has 2 saturated heterocycles. The molecule has 28 heavy (non-hydrogen) atoms. The Kier molecular flexibility index (Phi) is 6.65. The summed E-state index contributed by atoms with van der Waals surface area (Å²) in [5, 5.41) is 8.62. The molecule has 2 aliphatic heterocycles. The predicted octanol–water partition coefficient (Wildman–Crippen LogP) is 0.866. The van der Waals surface area contributed by atoms with Gasteiger partial charge in [-0.25, -0.2) is 5.48 Å². The minimum atomic E-state index is -0.582. The number of hydrogen-bond acceptors (Lipinski definition) is 5. The summed E-state index contributed by atoms with van der Waals surface area (Å²) in [4.78, 5) is 41.2. The van der Waals surface area contributed by atoms with Crippen molar-refractivity contribution in [1.82, 2.24) is 15.3 Å². The second-order valence-electron chi connectivity index (χ2n) is 6.97. The molecule has 2 N–H and O–H groups in total. The number of nitrogens with one attached hydrogen (secondary N) is 1. The number of hydroxylamine groups is 1. The van der Waals surface area contributed by atoms with E-state index in [1.54, 1.807) is 16.5 Å². The van der Waals surface area contributed by atoms with Gasteiger partial charge < -0.3 is 14.7 Å². The third-order valence-electron chi connectivity index (χ3n) is 5.20. The molecule has 2 fully saturated rings. The Morgan fingerprint density at radius 3 is 2.54 bits per heavy atom. The molecule has 0 aromatic heterocycles. The van der Waals surface area contributed by atoms with E-state index in [2.05, 4.69) is 4.90 Å². The summed E-state index contributed by atoms with van der Waals surface area (Å²) in [5.41, 5.74) is 3.44. The van der Waals surface area contributed by atoms with Crippen LogP contribution in [0.25, 0.3) is 6.08 Å². The van der Waals surface area contributed by atoms with E-state index in [0.29, 0.717) is 45.6 Å². The molecule has 1 aromatic rings. The molecule has 150 valence electrons. The first kappa shape index (κ1) is 19.9. The molecule has 0 unspecified atom stereocenters. The maximum atomic E-state index is 12.5. The van der Waals surface area contributed by atoms with Crippen molar-refractivity contribution in [2.75, 3.05) is 44.2 Å². The zero-order valence-corrected chi connectivity index (χ0v) is 15.8. The average molecular weight is 386 g/mol. The highest BCUT2D eigenvalue weighted by molar-refractivity contribution is 5.92. The molecule has 3 rings (SSSR count). The quantitative estimate of drug-likeness (QED) is 0.430. The molecule has 0 bridgehead atoms. The molecular weight excluding hydrogens is 360 g/mol. The lowest BCUT2D eigenvalue weighted by Gasteiger charge is -2.37. The number of amides is 3. The number of hydrogen-bond donors (Lipinski definition) is 2. The van der Waals surface area contributed by atoms with Crippen LogP contribution in [0.1, 0.15) is 24.8 Å². The Labute approximate surface area is 164 Å². The van der Waals surface area contributed by atoms with Crippen molar-refractivity contribution in [2.45, 2.75) is 19.3 Å². The van der Waals surface area contributed by atoms with E-state index in [1.807, 2.05) is 29.2 Å². The van der Waals surface area contributed by atoms with Crippen molar-refractivity contribution >= 4 is 29.5 Å². The standard InChI is InChI=1S/C20H26N4O4/c25-18(21-28)8-7-16-4-1-2-5-17(16)22-12-14-24(15-13-22)20(27)9-11-23-10-3-6-19(23)26/h1-2,4-5,7-8,28H,3,6,9-15H2,(H,21,25)/b8-7+. The van der Waals surface area contributed by atoms with E-state index in [9.17, 15) is 14.4 Å². The summed E-state index contributed by atoms with van der Waals surface area (Å²) < 4.78 is 0. The number of rotatable bonds is 6. The van der Waals surface area contributed by atoms with Gasteiger partial charge >= 0.3 is 0 Å². The molecule has 8 heteroatoms. The SMILES string of the molecule is O=C(/C=C/c1ccccc1N1CCN(C(=O)CCN2CCCC2=O)CC1)NO. The van der Waals surface area contributed by atoms with Crippen molar-refractivity contribution < 1.29 is 19.6 Å². The van der Waals surface area contributed by atoms with Gasteiger partial charge in [0, 0.05) is 63.9 Å². The summed E-state index contributed by atoms with van der Waals surface area (Å²) in [6.45, 7) is 3.93. The second kappa shape index (κ2) is 9.36. The van der Waals surface area contributed by atoms with E-state index in [1.165, 1.54) is 6.08 Å². The molecular formula is C20H26N4O4. The van der Waals surface area contributed by atoms with Crippen molar-refractivity contribution in [3.05, 3.63) is 35.9 Å². The van der Waals surface area contributed by atoms with Gasteiger partial charge in [-0.3, -0.25) is 19.6 Å². The number of piperazine rings is 1. The molecule has 1 aromatic carbocycles. The molecule has 0 spiro atoms. The highest BCUT2D eigenvalue weighted by Gasteiger charge is 2.25. The third kappa shape index (κ3) is 4.89. The van der Waals surface area contributed by atoms with Gasteiger partial charge in [-0.15, -0.1) is 0 Å². The molecule has 0 saturated carbocycles. The largest absolute Gasteiger partial charge is 0.367 e. The van der Waals surface area contributed by atoms with Crippen molar-refractivity contribution in [1.29, 1.82) is 0 Å². The Morgan fingerprint density at radius 1 is 1.11 bits per heavy atom. The Balaban J connectivity index is 1.54. The van der Waals surface area contributed by atoms with Gasteiger partial charge in [-0.05, 0) is 24.1 Å². The number of anilines is 1. The Bertz CT molecular complexity index is 756. The van der Waals surface area contributed by atoms with Crippen molar-refractivity contribution in [2.24, 2.45) is 0 Å². The number of carbonyl (C=O) groups excluding carboxylic acids is 3. The van der Waals surface area contributed by atoms with Gasteiger partial charge in [-0.2, -0.15) is 0 Å². The van der Waals surface area contributed by atoms with Crippen LogP contribution >= 0.6 is 0 Å². The smallest absolute Gasteiger partial charge is 0.267 e. The zero-order valence-electron chi connectivity index (χ0n) is 15.8. The fourth-order valence-corrected chi connectivity index (χ4v) is 3.65. The molecule has 0 atom stereocenters. The van der Waals surface area contributed by atoms with Gasteiger partial charge in [0.25, 0.3) is 5.91 Å². The Hall–Kier alpha value is -2.87. The van der Waals surface area contributed by atoms with E-state index in [0.717, 1.165) is 24.2 Å². The topological polar surface area (TPSA) is 93.2 Å². The molecule has 3 amide bonds. The summed E-state index contributed by atoms with van der Waals surface area (Å²) in [7, 11) is 0. The van der Waals surface area contributed by atoms with Gasteiger partial charge in [0.1, 0.15) is 0 Å². The van der Waals surface area contributed by atoms with Crippen LogP contribution in [0.3, 0.4) is 0 Å². The first-order valence-corrected chi connectivity index (χ1v) is 9.60. The van der Waals surface area contributed by atoms with Crippen LogP contribution in [0.2, 0.25) is 0 Å². The maximum Gasteiger partial charge on any atom is 0.267 e. The van der Waals surface area contributed by atoms with Crippen LogP contribution in [0.4, 0.5) is 5.69 Å². The highest BCUT2D eigenvalue weighted by Crippen LogP contribution is 2.23. The molecule has 0 aliphatic carbocycles. The van der Waals surface area contributed by atoms with Crippen LogP contribution in [-0.4, -0.2) is 72.0 Å². The van der Waals surface area contributed by atoms with Crippen LogP contribution in [0.15, 0.2) is 30.3 Å². The lowest BCUT2D eigenvalue weighted by molar-refractivity contribution is -0.133. The van der Waals surface area contributed by atoms with Gasteiger partial charge in [-0.1, -0.05) is 18.2 Å². The lowest BCUT2D eigenvalue weighted by Crippen LogP contribution is -2.49. The first-order chi connectivity index (χ1) is 13.6. The second-order valence-corrected chi connectivity index (χ2v) is 6.97. The summed E-state index contributed by atoms with van der Waals surface area (Å²) >= 11 is 0. The fourth-order valence-electron chi connectivity index (χ4n) is 3.65.